The van der Waals surface area contributed by atoms with Gasteiger partial charge in [-0.05, 0) is 37.8 Å². The summed E-state index contributed by atoms with van der Waals surface area (Å²) in [6, 6.07) is 0. The zero-order valence-corrected chi connectivity index (χ0v) is 8.84. The van der Waals surface area contributed by atoms with Crippen molar-refractivity contribution < 1.29 is 4.79 Å². The molecule has 14 heavy (non-hydrogen) atoms. The maximum Gasteiger partial charge on any atom is 0.207 e. The molecule has 2 heteroatoms. The fourth-order valence-electron chi connectivity index (χ4n) is 1.53. The van der Waals surface area contributed by atoms with Crippen LogP contribution in [0.25, 0.3) is 0 Å². The molecule has 0 aromatic carbocycles. The zero-order chi connectivity index (χ0) is 10.4. The number of rotatable bonds is 4. The Kier molecular flexibility index (Phi) is 4.17. The lowest BCUT2D eigenvalue weighted by atomic mass is 10.1. The van der Waals surface area contributed by atoms with Crippen molar-refractivity contribution in [1.82, 2.24) is 5.32 Å². The molecule has 0 unspecified atom stereocenters. The first-order valence-corrected chi connectivity index (χ1v) is 4.94. The molecule has 1 aliphatic carbocycles. The van der Waals surface area contributed by atoms with Gasteiger partial charge in [-0.25, -0.2) is 0 Å². The van der Waals surface area contributed by atoms with E-state index in [-0.39, 0.29) is 0 Å². The van der Waals surface area contributed by atoms with E-state index in [9.17, 15) is 4.79 Å². The molecule has 0 radical (unpaired) electrons. The Hall–Kier alpha value is -1.31. The van der Waals surface area contributed by atoms with Gasteiger partial charge in [-0.2, -0.15) is 0 Å². The molecule has 0 saturated carbocycles. The van der Waals surface area contributed by atoms with Crippen molar-refractivity contribution in [3.63, 3.8) is 0 Å². The van der Waals surface area contributed by atoms with Crippen LogP contribution < -0.4 is 5.32 Å². The first kappa shape index (κ1) is 10.8. The predicted octanol–water partition coefficient (Wildman–Crippen LogP) is 2.35. The third-order valence-corrected chi connectivity index (χ3v) is 2.36. The number of hydrogen-bond donors (Lipinski definition) is 1. The molecule has 0 spiro atoms. The summed E-state index contributed by atoms with van der Waals surface area (Å²) in [6.45, 7) is 4.96. The Labute approximate surface area is 85.4 Å². The Balaban J connectivity index is 2.66. The number of amides is 1. The van der Waals surface area contributed by atoms with Gasteiger partial charge in [0.05, 0.1) is 0 Å². The summed E-state index contributed by atoms with van der Waals surface area (Å²) in [5.74, 6) is 0. The quantitative estimate of drug-likeness (QED) is 0.536. The van der Waals surface area contributed by atoms with Crippen LogP contribution in [0.3, 0.4) is 0 Å². The van der Waals surface area contributed by atoms with E-state index in [4.69, 9.17) is 0 Å². The number of hydrogen-bond acceptors (Lipinski definition) is 1. The molecular weight excluding hydrogens is 174 g/mol. The van der Waals surface area contributed by atoms with Gasteiger partial charge in [-0.3, -0.25) is 4.79 Å². The van der Waals surface area contributed by atoms with Crippen molar-refractivity contribution in [3.8, 4) is 0 Å². The lowest BCUT2D eigenvalue weighted by Crippen LogP contribution is -2.12. The second-order valence-corrected chi connectivity index (χ2v) is 3.63. The molecule has 2 nitrogen and oxygen atoms in total. The lowest BCUT2D eigenvalue weighted by Gasteiger charge is -2.04. The molecular formula is C12H17NO. The summed E-state index contributed by atoms with van der Waals surface area (Å²) in [6.07, 6.45) is 9.25. The smallest absolute Gasteiger partial charge is 0.207 e. The number of nitrogens with one attached hydrogen (secondary N) is 1. The third kappa shape index (κ3) is 3.21. The van der Waals surface area contributed by atoms with Crippen LogP contribution >= 0.6 is 0 Å². The highest BCUT2D eigenvalue weighted by Crippen LogP contribution is 2.19. The molecule has 0 heterocycles. The normalized spacial score (nSPS) is 16.3. The monoisotopic (exact) mass is 191 g/mol. The largest absolute Gasteiger partial charge is 0.358 e. The van der Waals surface area contributed by atoms with E-state index in [2.05, 4.69) is 37.4 Å². The number of allylic oxidation sites excluding steroid dienone is 5. The average molecular weight is 191 g/mol. The molecule has 1 rings (SSSR count). The van der Waals surface area contributed by atoms with E-state index in [0.29, 0.717) is 6.54 Å². The zero-order valence-electron chi connectivity index (χ0n) is 8.84. The summed E-state index contributed by atoms with van der Waals surface area (Å²) >= 11 is 0. The lowest BCUT2D eigenvalue weighted by molar-refractivity contribution is -0.109. The van der Waals surface area contributed by atoms with Crippen molar-refractivity contribution in [1.29, 1.82) is 0 Å². The average Bonchev–Trinajstić information content (AvgIpc) is 2.30. The molecule has 1 aliphatic rings. The van der Waals surface area contributed by atoms with E-state index in [0.717, 1.165) is 19.3 Å². The highest BCUT2D eigenvalue weighted by molar-refractivity contribution is 5.46. The molecule has 1 N–H and O–H groups in total. The Morgan fingerprint density at radius 1 is 1.50 bits per heavy atom. The van der Waals surface area contributed by atoms with Crippen LogP contribution in [0.4, 0.5) is 0 Å². The fraction of sp³-hybridized carbons (Fsp3) is 0.417. The van der Waals surface area contributed by atoms with Gasteiger partial charge < -0.3 is 5.32 Å². The van der Waals surface area contributed by atoms with Crippen molar-refractivity contribution in [2.24, 2.45) is 0 Å². The first-order chi connectivity index (χ1) is 6.74. The predicted molar refractivity (Wildman–Crippen MR) is 58.9 cm³/mol. The maximum absolute atomic E-state index is 10.1. The minimum atomic E-state index is 0.716. The second kappa shape index (κ2) is 5.43. The highest BCUT2D eigenvalue weighted by Gasteiger charge is 2.01. The van der Waals surface area contributed by atoms with E-state index >= 15 is 0 Å². The van der Waals surface area contributed by atoms with Crippen LogP contribution in [0, 0.1) is 0 Å². The van der Waals surface area contributed by atoms with E-state index < -0.39 is 0 Å². The second-order valence-electron chi connectivity index (χ2n) is 3.63. The first-order valence-electron chi connectivity index (χ1n) is 4.94. The van der Waals surface area contributed by atoms with Gasteiger partial charge in [-0.1, -0.05) is 23.8 Å². The summed E-state index contributed by atoms with van der Waals surface area (Å²) in [5, 5.41) is 2.68. The summed E-state index contributed by atoms with van der Waals surface area (Å²) in [4.78, 5) is 10.1. The van der Waals surface area contributed by atoms with Gasteiger partial charge in [0.15, 0.2) is 0 Å². The molecule has 0 aliphatic heterocycles. The molecule has 0 atom stereocenters. The van der Waals surface area contributed by atoms with Crippen LogP contribution in [-0.4, -0.2) is 13.0 Å². The topological polar surface area (TPSA) is 29.1 Å². The molecule has 1 amide bonds. The van der Waals surface area contributed by atoms with Crippen LogP contribution in [0.5, 0.6) is 0 Å². The molecule has 0 aromatic heterocycles. The van der Waals surface area contributed by atoms with E-state index in [1.807, 2.05) is 0 Å². The van der Waals surface area contributed by atoms with Crippen molar-refractivity contribution in [2.75, 3.05) is 6.54 Å². The van der Waals surface area contributed by atoms with Crippen molar-refractivity contribution in [2.45, 2.75) is 26.7 Å². The van der Waals surface area contributed by atoms with Gasteiger partial charge in [0.2, 0.25) is 6.41 Å². The van der Waals surface area contributed by atoms with E-state index in [1.165, 1.54) is 16.7 Å². The molecule has 76 valence electrons. The van der Waals surface area contributed by atoms with Crippen LogP contribution in [0.2, 0.25) is 0 Å². The molecule has 0 aromatic rings. The maximum atomic E-state index is 10.1. The summed E-state index contributed by atoms with van der Waals surface area (Å²) in [7, 11) is 0. The minimum Gasteiger partial charge on any atom is -0.358 e. The van der Waals surface area contributed by atoms with Crippen molar-refractivity contribution in [3.05, 3.63) is 34.9 Å². The summed E-state index contributed by atoms with van der Waals surface area (Å²) < 4.78 is 0. The van der Waals surface area contributed by atoms with Gasteiger partial charge in [0.25, 0.3) is 0 Å². The minimum absolute atomic E-state index is 0.716. The van der Waals surface area contributed by atoms with Gasteiger partial charge in [0.1, 0.15) is 0 Å². The fourth-order valence-corrected chi connectivity index (χ4v) is 1.53. The highest BCUT2D eigenvalue weighted by atomic mass is 16.1. The number of carbonyl (C=O) groups excluding carboxylic acids is 1. The van der Waals surface area contributed by atoms with Gasteiger partial charge >= 0.3 is 0 Å². The molecule has 0 saturated heterocycles. The van der Waals surface area contributed by atoms with Crippen LogP contribution in [0.1, 0.15) is 26.7 Å². The van der Waals surface area contributed by atoms with Gasteiger partial charge in [-0.15, -0.1) is 0 Å². The van der Waals surface area contributed by atoms with Crippen LogP contribution in [0.15, 0.2) is 34.9 Å². The molecule has 0 bridgehead atoms. The van der Waals surface area contributed by atoms with Crippen molar-refractivity contribution >= 4 is 6.41 Å². The van der Waals surface area contributed by atoms with E-state index in [1.54, 1.807) is 0 Å². The summed E-state index contributed by atoms with van der Waals surface area (Å²) in [5.41, 5.74) is 4.00. The Bertz CT molecular complexity index is 297. The van der Waals surface area contributed by atoms with Crippen LogP contribution in [-0.2, 0) is 4.79 Å². The Morgan fingerprint density at radius 2 is 2.29 bits per heavy atom. The SMILES string of the molecule is CC1=CC(CCNC=O)=C(C)C=CC1. The van der Waals surface area contributed by atoms with Gasteiger partial charge in [0, 0.05) is 6.54 Å². The molecule has 0 fully saturated rings. The third-order valence-electron chi connectivity index (χ3n) is 2.36. The standard InChI is InChI=1S/C12H17NO/c1-10-4-3-5-11(2)12(8-10)6-7-13-9-14/h3,5,8-9H,4,6-7H2,1-2H3,(H,13,14). The number of carbonyl (C=O) groups is 1. The Morgan fingerprint density at radius 3 is 3.00 bits per heavy atom.